The SMILES string of the molecule is CCC(CN=C(N)N1CCCCCC1)c1ccccc1.I. The van der Waals surface area contributed by atoms with Crippen LogP contribution in [0.4, 0.5) is 0 Å². The molecular formula is C17H28IN3. The number of aliphatic imine (C=N–C) groups is 1. The molecule has 0 saturated carbocycles. The first-order valence-electron chi connectivity index (χ1n) is 7.91. The minimum atomic E-state index is 0. The van der Waals surface area contributed by atoms with Crippen molar-refractivity contribution >= 4 is 29.9 Å². The highest BCUT2D eigenvalue weighted by Gasteiger charge is 2.12. The number of likely N-dealkylation sites (tertiary alicyclic amines) is 1. The predicted molar refractivity (Wildman–Crippen MR) is 101 cm³/mol. The van der Waals surface area contributed by atoms with Gasteiger partial charge in [-0.05, 0) is 24.8 Å². The molecule has 1 fully saturated rings. The number of halogens is 1. The Morgan fingerprint density at radius 3 is 2.33 bits per heavy atom. The normalized spacial score (nSPS) is 17.8. The van der Waals surface area contributed by atoms with Gasteiger partial charge < -0.3 is 10.6 Å². The largest absolute Gasteiger partial charge is 0.370 e. The molecule has 1 aliphatic heterocycles. The second-order valence-corrected chi connectivity index (χ2v) is 5.62. The molecule has 0 amide bonds. The van der Waals surface area contributed by atoms with Crippen LogP contribution in [0.1, 0.15) is 50.5 Å². The van der Waals surface area contributed by atoms with Crippen LogP contribution in [0.25, 0.3) is 0 Å². The highest BCUT2D eigenvalue weighted by Crippen LogP contribution is 2.19. The molecule has 0 aliphatic carbocycles. The second kappa shape index (κ2) is 10.0. The lowest BCUT2D eigenvalue weighted by Crippen LogP contribution is -2.38. The number of guanidine groups is 1. The molecule has 118 valence electrons. The first-order valence-corrected chi connectivity index (χ1v) is 7.91. The van der Waals surface area contributed by atoms with E-state index in [9.17, 15) is 0 Å². The predicted octanol–water partition coefficient (Wildman–Crippen LogP) is 3.99. The Bertz CT molecular complexity index is 411. The molecule has 1 aliphatic rings. The van der Waals surface area contributed by atoms with Crippen molar-refractivity contribution in [3.05, 3.63) is 35.9 Å². The lowest BCUT2D eigenvalue weighted by atomic mass is 9.97. The summed E-state index contributed by atoms with van der Waals surface area (Å²) in [5, 5.41) is 0. The van der Waals surface area contributed by atoms with Crippen molar-refractivity contribution in [2.45, 2.75) is 44.9 Å². The Morgan fingerprint density at radius 1 is 1.14 bits per heavy atom. The van der Waals surface area contributed by atoms with E-state index in [1.54, 1.807) is 0 Å². The fourth-order valence-electron chi connectivity index (χ4n) is 2.80. The van der Waals surface area contributed by atoms with Crippen LogP contribution >= 0.6 is 24.0 Å². The van der Waals surface area contributed by atoms with E-state index in [1.165, 1.54) is 31.2 Å². The number of benzene rings is 1. The van der Waals surface area contributed by atoms with Crippen LogP contribution in [0.15, 0.2) is 35.3 Å². The van der Waals surface area contributed by atoms with E-state index in [2.05, 4.69) is 47.1 Å². The van der Waals surface area contributed by atoms with Gasteiger partial charge in [0.2, 0.25) is 0 Å². The van der Waals surface area contributed by atoms with Gasteiger partial charge in [0.15, 0.2) is 5.96 Å². The van der Waals surface area contributed by atoms with Crippen LogP contribution < -0.4 is 5.73 Å². The smallest absolute Gasteiger partial charge is 0.191 e. The molecule has 0 radical (unpaired) electrons. The molecule has 3 nitrogen and oxygen atoms in total. The minimum Gasteiger partial charge on any atom is -0.370 e. The van der Waals surface area contributed by atoms with E-state index < -0.39 is 0 Å². The first kappa shape index (κ1) is 18.3. The maximum Gasteiger partial charge on any atom is 0.191 e. The van der Waals surface area contributed by atoms with Gasteiger partial charge in [-0.3, -0.25) is 4.99 Å². The summed E-state index contributed by atoms with van der Waals surface area (Å²) in [6.45, 7) is 5.15. The standard InChI is InChI=1S/C17H27N3.HI/c1-2-15(16-10-6-5-7-11-16)14-19-17(18)20-12-8-3-4-9-13-20;/h5-7,10-11,15H,2-4,8-9,12-14H2,1H3,(H2,18,19);1H. The second-order valence-electron chi connectivity index (χ2n) is 5.62. The van der Waals surface area contributed by atoms with Crippen molar-refractivity contribution < 1.29 is 0 Å². The van der Waals surface area contributed by atoms with E-state index >= 15 is 0 Å². The Morgan fingerprint density at radius 2 is 1.76 bits per heavy atom. The van der Waals surface area contributed by atoms with E-state index in [0.29, 0.717) is 5.92 Å². The molecule has 1 aromatic carbocycles. The summed E-state index contributed by atoms with van der Waals surface area (Å²) < 4.78 is 0. The molecular weight excluding hydrogens is 373 g/mol. The quantitative estimate of drug-likeness (QED) is 0.471. The highest BCUT2D eigenvalue weighted by molar-refractivity contribution is 14.0. The first-order chi connectivity index (χ1) is 9.81. The van der Waals surface area contributed by atoms with E-state index in [-0.39, 0.29) is 24.0 Å². The van der Waals surface area contributed by atoms with Crippen LogP contribution in [0.5, 0.6) is 0 Å². The lowest BCUT2D eigenvalue weighted by Gasteiger charge is -2.22. The summed E-state index contributed by atoms with van der Waals surface area (Å²) in [7, 11) is 0. The molecule has 0 aromatic heterocycles. The highest BCUT2D eigenvalue weighted by atomic mass is 127. The van der Waals surface area contributed by atoms with Gasteiger partial charge in [-0.2, -0.15) is 0 Å². The summed E-state index contributed by atoms with van der Waals surface area (Å²) in [6, 6.07) is 10.6. The summed E-state index contributed by atoms with van der Waals surface area (Å²) in [5.74, 6) is 1.21. The molecule has 1 aromatic rings. The van der Waals surface area contributed by atoms with Gasteiger partial charge in [0.1, 0.15) is 0 Å². The molecule has 1 atom stereocenters. The van der Waals surface area contributed by atoms with Crippen molar-refractivity contribution in [2.75, 3.05) is 19.6 Å². The third kappa shape index (κ3) is 5.85. The Balaban J connectivity index is 0.00000220. The fourth-order valence-corrected chi connectivity index (χ4v) is 2.80. The summed E-state index contributed by atoms with van der Waals surface area (Å²) >= 11 is 0. The van der Waals surface area contributed by atoms with Gasteiger partial charge in [0.05, 0.1) is 0 Å². The van der Waals surface area contributed by atoms with Crippen LogP contribution in [0, 0.1) is 0 Å². The van der Waals surface area contributed by atoms with E-state index in [0.717, 1.165) is 32.0 Å². The zero-order valence-corrected chi connectivity index (χ0v) is 15.3. The van der Waals surface area contributed by atoms with Crippen molar-refractivity contribution in [1.29, 1.82) is 0 Å². The average Bonchev–Trinajstić information content (AvgIpc) is 2.78. The summed E-state index contributed by atoms with van der Waals surface area (Å²) in [6.07, 6.45) is 6.23. The molecule has 0 bridgehead atoms. The molecule has 0 spiro atoms. The maximum atomic E-state index is 6.17. The Kier molecular flexibility index (Phi) is 8.73. The molecule has 21 heavy (non-hydrogen) atoms. The number of rotatable bonds is 4. The zero-order valence-electron chi connectivity index (χ0n) is 13.0. The van der Waals surface area contributed by atoms with Crippen LogP contribution in [-0.2, 0) is 0 Å². The van der Waals surface area contributed by atoms with Gasteiger partial charge >= 0.3 is 0 Å². The molecule has 1 heterocycles. The third-order valence-corrected chi connectivity index (χ3v) is 4.17. The topological polar surface area (TPSA) is 41.6 Å². The fraction of sp³-hybridized carbons (Fsp3) is 0.588. The minimum absolute atomic E-state index is 0. The van der Waals surface area contributed by atoms with E-state index in [4.69, 9.17) is 5.73 Å². The van der Waals surface area contributed by atoms with Crippen molar-refractivity contribution in [1.82, 2.24) is 4.90 Å². The number of hydrogen-bond donors (Lipinski definition) is 1. The van der Waals surface area contributed by atoms with Gasteiger partial charge in [0.25, 0.3) is 0 Å². The van der Waals surface area contributed by atoms with Crippen LogP contribution in [0.3, 0.4) is 0 Å². The van der Waals surface area contributed by atoms with Gasteiger partial charge in [-0.25, -0.2) is 0 Å². The zero-order chi connectivity index (χ0) is 14.2. The number of nitrogens with two attached hydrogens (primary N) is 1. The average molecular weight is 401 g/mol. The Labute approximate surface area is 146 Å². The summed E-state index contributed by atoms with van der Waals surface area (Å²) in [4.78, 5) is 6.91. The van der Waals surface area contributed by atoms with Gasteiger partial charge in [-0.15, -0.1) is 24.0 Å². The van der Waals surface area contributed by atoms with E-state index in [1.807, 2.05) is 0 Å². The Hall–Kier alpha value is -0.780. The van der Waals surface area contributed by atoms with Crippen LogP contribution in [0.2, 0.25) is 0 Å². The van der Waals surface area contributed by atoms with Crippen molar-refractivity contribution in [3.63, 3.8) is 0 Å². The number of nitrogens with zero attached hydrogens (tertiary/aromatic N) is 2. The molecule has 4 heteroatoms. The molecule has 1 unspecified atom stereocenters. The maximum absolute atomic E-state index is 6.17. The van der Waals surface area contributed by atoms with Gasteiger partial charge in [-0.1, -0.05) is 50.1 Å². The third-order valence-electron chi connectivity index (χ3n) is 4.17. The monoisotopic (exact) mass is 401 g/mol. The van der Waals surface area contributed by atoms with Crippen LogP contribution in [-0.4, -0.2) is 30.5 Å². The van der Waals surface area contributed by atoms with Crippen molar-refractivity contribution in [2.24, 2.45) is 10.7 Å². The lowest BCUT2D eigenvalue weighted by molar-refractivity contribution is 0.427. The number of hydrogen-bond acceptors (Lipinski definition) is 1. The summed E-state index contributed by atoms with van der Waals surface area (Å²) in [5.41, 5.74) is 7.54. The van der Waals surface area contributed by atoms with Gasteiger partial charge in [0, 0.05) is 25.6 Å². The molecule has 2 rings (SSSR count). The molecule has 2 N–H and O–H groups in total. The van der Waals surface area contributed by atoms with Crippen molar-refractivity contribution in [3.8, 4) is 0 Å². The molecule has 1 saturated heterocycles.